The van der Waals surface area contributed by atoms with Crippen LogP contribution in [0.4, 0.5) is 11.8 Å². The Labute approximate surface area is 150 Å². The van der Waals surface area contributed by atoms with Crippen LogP contribution in [0.25, 0.3) is 11.3 Å². The standard InChI is InChI=1S/C19H17N5O2/c1-25-14-6-2-4-12(8-14)11-26-15-7-3-5-13(9-15)17-16(10-20)18(21)24-19(22)23-17/h2-9H,11H2,1H3,(H4,21,22,23,24). The highest BCUT2D eigenvalue weighted by molar-refractivity contribution is 5.73. The third kappa shape index (κ3) is 3.65. The van der Waals surface area contributed by atoms with Crippen molar-refractivity contribution in [2.24, 2.45) is 0 Å². The van der Waals surface area contributed by atoms with Crippen LogP contribution in [-0.2, 0) is 6.61 Å². The second kappa shape index (κ2) is 7.40. The van der Waals surface area contributed by atoms with Crippen LogP contribution in [0.1, 0.15) is 11.1 Å². The molecule has 0 spiro atoms. The first-order valence-corrected chi connectivity index (χ1v) is 7.80. The zero-order valence-electron chi connectivity index (χ0n) is 14.1. The molecule has 0 atom stereocenters. The Hall–Kier alpha value is -3.79. The summed E-state index contributed by atoms with van der Waals surface area (Å²) in [6.07, 6.45) is 0. The summed E-state index contributed by atoms with van der Waals surface area (Å²) in [4.78, 5) is 7.97. The lowest BCUT2D eigenvalue weighted by Gasteiger charge is -2.10. The molecule has 0 bridgehead atoms. The van der Waals surface area contributed by atoms with E-state index in [-0.39, 0.29) is 17.3 Å². The van der Waals surface area contributed by atoms with E-state index in [4.69, 9.17) is 20.9 Å². The molecule has 0 unspecified atom stereocenters. The topological polar surface area (TPSA) is 120 Å². The van der Waals surface area contributed by atoms with Gasteiger partial charge >= 0.3 is 0 Å². The van der Waals surface area contributed by atoms with E-state index in [2.05, 4.69) is 9.97 Å². The van der Waals surface area contributed by atoms with Crippen LogP contribution in [-0.4, -0.2) is 17.1 Å². The van der Waals surface area contributed by atoms with E-state index in [1.165, 1.54) is 0 Å². The summed E-state index contributed by atoms with van der Waals surface area (Å²) in [6, 6.07) is 16.9. The monoisotopic (exact) mass is 347 g/mol. The third-order valence-electron chi connectivity index (χ3n) is 3.71. The van der Waals surface area contributed by atoms with Gasteiger partial charge in [-0.1, -0.05) is 24.3 Å². The summed E-state index contributed by atoms with van der Waals surface area (Å²) in [5.74, 6) is 1.47. The molecule has 4 N–H and O–H groups in total. The molecule has 0 aliphatic rings. The maximum absolute atomic E-state index is 9.33. The summed E-state index contributed by atoms with van der Waals surface area (Å²) in [5.41, 5.74) is 13.6. The lowest BCUT2D eigenvalue weighted by Crippen LogP contribution is -2.05. The molecule has 3 rings (SSSR count). The number of benzene rings is 2. The Bertz CT molecular complexity index is 982. The first-order chi connectivity index (χ1) is 12.6. The molecular formula is C19H17N5O2. The maximum atomic E-state index is 9.33. The quantitative estimate of drug-likeness (QED) is 0.728. The van der Waals surface area contributed by atoms with Crippen molar-refractivity contribution in [2.75, 3.05) is 18.6 Å². The van der Waals surface area contributed by atoms with Crippen molar-refractivity contribution in [1.82, 2.24) is 9.97 Å². The van der Waals surface area contributed by atoms with Gasteiger partial charge in [0.15, 0.2) is 0 Å². The molecule has 0 aliphatic heterocycles. The highest BCUT2D eigenvalue weighted by Gasteiger charge is 2.13. The number of nitrogens with two attached hydrogens (primary N) is 2. The Morgan fingerprint density at radius 1 is 1.04 bits per heavy atom. The highest BCUT2D eigenvalue weighted by Crippen LogP contribution is 2.28. The molecule has 0 fully saturated rings. The Balaban J connectivity index is 1.86. The number of aromatic nitrogens is 2. The molecule has 7 heteroatoms. The van der Waals surface area contributed by atoms with Crippen LogP contribution in [0.5, 0.6) is 11.5 Å². The lowest BCUT2D eigenvalue weighted by molar-refractivity contribution is 0.305. The van der Waals surface area contributed by atoms with Crippen LogP contribution >= 0.6 is 0 Å². The number of nitriles is 1. The summed E-state index contributed by atoms with van der Waals surface area (Å²) in [5, 5.41) is 9.33. The summed E-state index contributed by atoms with van der Waals surface area (Å²) >= 11 is 0. The molecule has 0 saturated heterocycles. The second-order valence-corrected chi connectivity index (χ2v) is 5.47. The van der Waals surface area contributed by atoms with Crippen LogP contribution < -0.4 is 20.9 Å². The molecule has 26 heavy (non-hydrogen) atoms. The van der Waals surface area contributed by atoms with Gasteiger partial charge < -0.3 is 20.9 Å². The fraction of sp³-hybridized carbons (Fsp3) is 0.105. The average molecular weight is 347 g/mol. The van der Waals surface area contributed by atoms with Crippen LogP contribution in [0.3, 0.4) is 0 Å². The largest absolute Gasteiger partial charge is 0.497 e. The smallest absolute Gasteiger partial charge is 0.222 e. The molecule has 0 radical (unpaired) electrons. The molecule has 1 aromatic heterocycles. The van der Waals surface area contributed by atoms with E-state index in [9.17, 15) is 5.26 Å². The zero-order chi connectivity index (χ0) is 18.5. The number of ether oxygens (including phenoxy) is 2. The summed E-state index contributed by atoms with van der Waals surface area (Å²) < 4.78 is 11.1. The molecule has 7 nitrogen and oxygen atoms in total. The maximum Gasteiger partial charge on any atom is 0.222 e. The van der Waals surface area contributed by atoms with Gasteiger partial charge in [-0.3, -0.25) is 0 Å². The van der Waals surface area contributed by atoms with Gasteiger partial charge in [0.05, 0.1) is 12.8 Å². The zero-order valence-corrected chi connectivity index (χ0v) is 14.1. The molecular weight excluding hydrogens is 330 g/mol. The highest BCUT2D eigenvalue weighted by atomic mass is 16.5. The van der Waals surface area contributed by atoms with Crippen molar-refractivity contribution in [3.8, 4) is 28.8 Å². The van der Waals surface area contributed by atoms with Crippen LogP contribution in [0.15, 0.2) is 48.5 Å². The van der Waals surface area contributed by atoms with Gasteiger partial charge in [-0.2, -0.15) is 10.2 Å². The van der Waals surface area contributed by atoms with E-state index >= 15 is 0 Å². The minimum Gasteiger partial charge on any atom is -0.497 e. The average Bonchev–Trinajstić information content (AvgIpc) is 2.66. The second-order valence-electron chi connectivity index (χ2n) is 5.47. The molecule has 2 aromatic carbocycles. The van der Waals surface area contributed by atoms with Gasteiger partial charge in [0.25, 0.3) is 0 Å². The van der Waals surface area contributed by atoms with E-state index in [0.29, 0.717) is 23.6 Å². The predicted molar refractivity (Wildman–Crippen MR) is 98.3 cm³/mol. The minimum absolute atomic E-state index is 0.0132. The normalized spacial score (nSPS) is 10.2. The number of hydrogen-bond acceptors (Lipinski definition) is 7. The number of anilines is 2. The number of nitrogens with zero attached hydrogens (tertiary/aromatic N) is 3. The number of rotatable bonds is 5. The SMILES string of the molecule is COc1cccc(COc2cccc(-c3nc(N)nc(N)c3C#N)c2)c1. The van der Waals surface area contributed by atoms with Gasteiger partial charge in [0.2, 0.25) is 5.95 Å². The minimum atomic E-state index is 0.0132. The van der Waals surface area contributed by atoms with Crippen molar-refractivity contribution < 1.29 is 9.47 Å². The first-order valence-electron chi connectivity index (χ1n) is 7.80. The fourth-order valence-corrected chi connectivity index (χ4v) is 2.48. The van der Waals surface area contributed by atoms with Gasteiger partial charge in [0, 0.05) is 5.56 Å². The predicted octanol–water partition coefficient (Wildman–Crippen LogP) is 2.77. The fourth-order valence-electron chi connectivity index (χ4n) is 2.48. The van der Waals surface area contributed by atoms with Crippen molar-refractivity contribution in [3.63, 3.8) is 0 Å². The number of hydrogen-bond donors (Lipinski definition) is 2. The third-order valence-corrected chi connectivity index (χ3v) is 3.71. The van der Waals surface area contributed by atoms with Crippen LogP contribution in [0.2, 0.25) is 0 Å². The van der Waals surface area contributed by atoms with Gasteiger partial charge in [-0.05, 0) is 29.8 Å². The van der Waals surface area contributed by atoms with Crippen LogP contribution in [0, 0.1) is 11.3 Å². The van der Waals surface area contributed by atoms with Crippen molar-refractivity contribution in [2.45, 2.75) is 6.61 Å². The lowest BCUT2D eigenvalue weighted by atomic mass is 10.1. The number of methoxy groups -OCH3 is 1. The van der Waals surface area contributed by atoms with Crippen molar-refractivity contribution in [3.05, 3.63) is 59.7 Å². The summed E-state index contributed by atoms with van der Waals surface area (Å²) in [7, 11) is 1.62. The van der Waals surface area contributed by atoms with E-state index in [1.54, 1.807) is 19.2 Å². The van der Waals surface area contributed by atoms with E-state index in [1.807, 2.05) is 42.5 Å². The number of nitrogen functional groups attached to an aromatic ring is 2. The van der Waals surface area contributed by atoms with Gasteiger partial charge in [-0.15, -0.1) is 0 Å². The Kier molecular flexibility index (Phi) is 4.85. The Morgan fingerprint density at radius 3 is 2.58 bits per heavy atom. The summed E-state index contributed by atoms with van der Waals surface area (Å²) in [6.45, 7) is 0.375. The molecule has 130 valence electrons. The van der Waals surface area contributed by atoms with Gasteiger partial charge in [0.1, 0.15) is 35.6 Å². The van der Waals surface area contributed by atoms with E-state index in [0.717, 1.165) is 11.3 Å². The Morgan fingerprint density at radius 2 is 1.81 bits per heavy atom. The van der Waals surface area contributed by atoms with Crippen molar-refractivity contribution >= 4 is 11.8 Å². The van der Waals surface area contributed by atoms with Crippen molar-refractivity contribution in [1.29, 1.82) is 5.26 Å². The van der Waals surface area contributed by atoms with E-state index < -0.39 is 0 Å². The molecule has 1 heterocycles. The molecule has 3 aromatic rings. The van der Waals surface area contributed by atoms with Gasteiger partial charge in [-0.25, -0.2) is 4.98 Å². The molecule has 0 amide bonds. The first kappa shape index (κ1) is 17.0. The molecule has 0 aliphatic carbocycles. The molecule has 0 saturated carbocycles.